The van der Waals surface area contributed by atoms with Crippen molar-refractivity contribution < 1.29 is 18.9 Å². The van der Waals surface area contributed by atoms with E-state index >= 15 is 0 Å². The van der Waals surface area contributed by atoms with Crippen LogP contribution in [0.15, 0.2) is 66.9 Å². The molecule has 0 saturated heterocycles. The number of carbonyl (C=O) groups excluding carboxylic acids is 2. The van der Waals surface area contributed by atoms with Crippen molar-refractivity contribution in [1.29, 1.82) is 0 Å². The Labute approximate surface area is 223 Å². The van der Waals surface area contributed by atoms with Crippen molar-refractivity contribution in [2.45, 2.75) is 52.2 Å². The van der Waals surface area contributed by atoms with Gasteiger partial charge in [-0.1, -0.05) is 61.9 Å². The van der Waals surface area contributed by atoms with E-state index in [1.54, 1.807) is 18.7 Å². The van der Waals surface area contributed by atoms with Crippen molar-refractivity contribution in [3.63, 3.8) is 0 Å². The highest BCUT2D eigenvalue weighted by Gasteiger charge is 2.29. The molecule has 37 heavy (non-hydrogen) atoms. The van der Waals surface area contributed by atoms with Crippen molar-refractivity contribution in [3.8, 4) is 0 Å². The summed E-state index contributed by atoms with van der Waals surface area (Å²) >= 11 is 1.64. The highest BCUT2D eigenvalue weighted by atomic mass is 32.2. The molecular weight excluding hydrogens is 482 g/mol. The number of pyridine rings is 1. The Morgan fingerprint density at radius 3 is 2.51 bits per heavy atom. The molecule has 4 aromatic rings. The minimum atomic E-state index is -0.688. The normalized spacial score (nSPS) is 12.1. The van der Waals surface area contributed by atoms with E-state index in [0.29, 0.717) is 18.7 Å². The predicted octanol–water partition coefficient (Wildman–Crippen LogP) is 5.35. The molecule has 0 aliphatic carbocycles. The molecule has 1 unspecified atom stereocenters. The minimum Gasteiger partial charge on any atom is -0.464 e. The lowest BCUT2D eigenvalue weighted by Crippen LogP contribution is -2.49. The summed E-state index contributed by atoms with van der Waals surface area (Å²) in [5.41, 5.74) is 3.89. The van der Waals surface area contributed by atoms with Crippen LogP contribution in [0.5, 0.6) is 0 Å². The zero-order chi connectivity index (χ0) is 26.2. The van der Waals surface area contributed by atoms with Gasteiger partial charge in [0.1, 0.15) is 11.6 Å². The van der Waals surface area contributed by atoms with Crippen LogP contribution in [0.2, 0.25) is 0 Å². The fraction of sp³-hybridized carbons (Fsp3) is 0.367. The third-order valence-corrected chi connectivity index (χ3v) is 7.22. The van der Waals surface area contributed by atoms with Crippen molar-refractivity contribution in [2.75, 3.05) is 18.6 Å². The molecule has 2 heterocycles. The molecule has 7 heteroatoms. The van der Waals surface area contributed by atoms with E-state index < -0.39 is 12.0 Å². The number of ether oxygens (including phenoxy) is 1. The molecule has 4 rings (SSSR count). The summed E-state index contributed by atoms with van der Waals surface area (Å²) in [6.07, 6.45) is 6.77. The first-order valence-electron chi connectivity index (χ1n) is 13.0. The lowest BCUT2D eigenvalue weighted by molar-refractivity contribution is -0.689. The number of rotatable bonds is 12. The average Bonchev–Trinajstić information content (AvgIpc) is 3.22. The first kappa shape index (κ1) is 26.7. The van der Waals surface area contributed by atoms with Crippen LogP contribution in [-0.4, -0.2) is 41.1 Å². The second-order valence-corrected chi connectivity index (χ2v) is 10.1. The van der Waals surface area contributed by atoms with Gasteiger partial charge in [0, 0.05) is 34.5 Å². The van der Waals surface area contributed by atoms with Crippen LogP contribution in [-0.2, 0) is 22.6 Å². The van der Waals surface area contributed by atoms with Gasteiger partial charge < -0.3 is 14.6 Å². The molecule has 0 fully saturated rings. The fourth-order valence-corrected chi connectivity index (χ4v) is 5.17. The molecule has 1 atom stereocenters. The zero-order valence-electron chi connectivity index (χ0n) is 21.9. The monoisotopic (exact) mass is 518 g/mol. The number of unbranched alkanes of at least 4 members (excludes halogenated alkanes) is 1. The first-order chi connectivity index (χ1) is 18.1. The average molecular weight is 519 g/mol. The van der Waals surface area contributed by atoms with Gasteiger partial charge in [-0.25, -0.2) is 4.79 Å². The van der Waals surface area contributed by atoms with Crippen molar-refractivity contribution in [3.05, 3.63) is 78.1 Å². The van der Waals surface area contributed by atoms with Gasteiger partial charge in [-0.15, -0.1) is 0 Å². The number of benzene rings is 2. The largest absolute Gasteiger partial charge is 0.464 e. The third kappa shape index (κ3) is 6.16. The van der Waals surface area contributed by atoms with Crippen LogP contribution in [0, 0.1) is 0 Å². The second-order valence-electron chi connectivity index (χ2n) is 9.15. The molecule has 2 aromatic heterocycles. The maximum absolute atomic E-state index is 13.7. The smallest absolute Gasteiger partial charge is 0.328 e. The van der Waals surface area contributed by atoms with Crippen molar-refractivity contribution in [2.24, 2.45) is 0 Å². The number of carbonyl (C=O) groups is 2. The molecule has 0 aliphatic heterocycles. The first-order valence-corrected chi connectivity index (χ1v) is 14.4. The van der Waals surface area contributed by atoms with Crippen LogP contribution in [0.4, 0.5) is 0 Å². The van der Waals surface area contributed by atoms with Gasteiger partial charge in [-0.2, -0.15) is 16.3 Å². The van der Waals surface area contributed by atoms with E-state index in [1.807, 2.05) is 41.2 Å². The number of aryl methyl sites for hydroxylation is 1. The molecule has 6 nitrogen and oxygen atoms in total. The summed E-state index contributed by atoms with van der Waals surface area (Å²) in [5.74, 6) is 0.0803. The molecule has 0 saturated carbocycles. The van der Waals surface area contributed by atoms with E-state index in [-0.39, 0.29) is 12.5 Å². The van der Waals surface area contributed by atoms with Gasteiger partial charge in [0.15, 0.2) is 12.7 Å². The summed E-state index contributed by atoms with van der Waals surface area (Å²) in [6.45, 7) is 5.72. The molecular formula is C30H36N3O3S+. The van der Waals surface area contributed by atoms with Crippen LogP contribution < -0.4 is 9.88 Å². The fourth-order valence-electron chi connectivity index (χ4n) is 4.70. The standard InChI is InChI=1S/C30H35N3O3S/c1-4-6-17-33-26-15-11-10-14-23(26)24-19-27(29(34)31-25(16-18-37-3)30(35)36-5-2)32(21-28(24)33)20-22-12-8-7-9-13-22/h7-15,19,21,25H,4-6,16-18,20H2,1-3H3/p+1. The van der Waals surface area contributed by atoms with Crippen LogP contribution in [0.25, 0.3) is 21.8 Å². The summed E-state index contributed by atoms with van der Waals surface area (Å²) < 4.78 is 9.62. The topological polar surface area (TPSA) is 64.2 Å². The highest BCUT2D eigenvalue weighted by Crippen LogP contribution is 2.29. The van der Waals surface area contributed by atoms with Gasteiger partial charge in [-0.3, -0.25) is 4.79 Å². The Morgan fingerprint density at radius 1 is 1.03 bits per heavy atom. The number of para-hydroxylation sites is 1. The third-order valence-electron chi connectivity index (χ3n) is 6.57. The van der Waals surface area contributed by atoms with E-state index in [4.69, 9.17) is 4.74 Å². The lowest BCUT2D eigenvalue weighted by Gasteiger charge is -2.16. The van der Waals surface area contributed by atoms with Gasteiger partial charge >= 0.3 is 11.9 Å². The molecule has 0 spiro atoms. The second kappa shape index (κ2) is 12.8. The predicted molar refractivity (Wildman–Crippen MR) is 151 cm³/mol. The number of amides is 1. The number of hydrogen-bond donors (Lipinski definition) is 1. The summed E-state index contributed by atoms with van der Waals surface area (Å²) in [7, 11) is 0. The SMILES string of the molecule is CCCCn1c2ccccc2c2cc(C(=O)NC(CCSC)C(=O)OCC)[n+](Cc3ccccc3)cc21. The zero-order valence-corrected chi connectivity index (χ0v) is 22.7. The lowest BCUT2D eigenvalue weighted by atomic mass is 10.1. The van der Waals surface area contributed by atoms with Gasteiger partial charge in [0.2, 0.25) is 0 Å². The molecule has 0 bridgehead atoms. The Hall–Kier alpha value is -3.32. The van der Waals surface area contributed by atoms with Crippen molar-refractivity contribution in [1.82, 2.24) is 9.88 Å². The Bertz CT molecular complexity index is 1370. The van der Waals surface area contributed by atoms with E-state index in [2.05, 4.69) is 53.3 Å². The van der Waals surface area contributed by atoms with Crippen LogP contribution in [0.1, 0.15) is 49.2 Å². The van der Waals surface area contributed by atoms with Crippen LogP contribution >= 0.6 is 11.8 Å². The van der Waals surface area contributed by atoms with Gasteiger partial charge in [0.25, 0.3) is 5.69 Å². The summed E-state index contributed by atoms with van der Waals surface area (Å²) in [4.78, 5) is 26.4. The Kier molecular flexibility index (Phi) is 9.23. The quantitative estimate of drug-likeness (QED) is 0.203. The molecule has 0 aliphatic rings. The molecule has 0 radical (unpaired) electrons. The highest BCUT2D eigenvalue weighted by molar-refractivity contribution is 7.98. The van der Waals surface area contributed by atoms with Gasteiger partial charge in [0.05, 0.1) is 6.61 Å². The number of hydrogen-bond acceptors (Lipinski definition) is 4. The molecule has 1 amide bonds. The summed E-state index contributed by atoms with van der Waals surface area (Å²) in [6, 6.07) is 19.8. The molecule has 2 aromatic carbocycles. The number of esters is 1. The van der Waals surface area contributed by atoms with Crippen LogP contribution in [0.3, 0.4) is 0 Å². The number of nitrogens with one attached hydrogen (secondary N) is 1. The number of fused-ring (bicyclic) bond motifs is 3. The van der Waals surface area contributed by atoms with E-state index in [0.717, 1.165) is 47.0 Å². The number of aromatic nitrogens is 2. The van der Waals surface area contributed by atoms with E-state index in [9.17, 15) is 9.59 Å². The molecule has 1 N–H and O–H groups in total. The summed E-state index contributed by atoms with van der Waals surface area (Å²) in [5, 5.41) is 5.14. The maximum atomic E-state index is 13.7. The van der Waals surface area contributed by atoms with Crippen molar-refractivity contribution >= 4 is 45.4 Å². The maximum Gasteiger partial charge on any atom is 0.328 e. The Balaban J connectivity index is 1.83. The number of thioether (sulfide) groups is 1. The van der Waals surface area contributed by atoms with E-state index in [1.165, 1.54) is 5.52 Å². The molecule has 194 valence electrons. The Morgan fingerprint density at radius 2 is 1.78 bits per heavy atom. The van der Waals surface area contributed by atoms with Gasteiger partial charge in [-0.05, 0) is 37.8 Å². The minimum absolute atomic E-state index is 0.276. The number of nitrogens with zero attached hydrogens (tertiary/aromatic N) is 2.